The van der Waals surface area contributed by atoms with E-state index in [1.807, 2.05) is 0 Å². The molecule has 0 heterocycles. The summed E-state index contributed by atoms with van der Waals surface area (Å²) in [5.74, 6) is -1.08. The standard InChI is InChI=1S/C3H4O3.ClH/c4-2-1-3(5)6;/h2H,1H2,(H,5,6);1H. The number of carbonyl (C=O) groups excluding carboxylic acids is 1. The summed E-state index contributed by atoms with van der Waals surface area (Å²) in [5.41, 5.74) is 0. The minimum Gasteiger partial charge on any atom is -0.481 e. The second-order valence-corrected chi connectivity index (χ2v) is 0.765. The number of hydrogen-bond donors (Lipinski definition) is 1. The normalized spacial score (nSPS) is 6.29. The van der Waals surface area contributed by atoms with E-state index in [1.54, 1.807) is 0 Å². The van der Waals surface area contributed by atoms with Crippen LogP contribution in [0.5, 0.6) is 0 Å². The third-order valence-corrected chi connectivity index (χ3v) is 0.258. The van der Waals surface area contributed by atoms with Gasteiger partial charge in [-0.1, -0.05) is 0 Å². The number of aliphatic carboxylic acids is 1. The van der Waals surface area contributed by atoms with Crippen molar-refractivity contribution in [2.45, 2.75) is 6.42 Å². The maximum Gasteiger partial charge on any atom is 0.310 e. The zero-order chi connectivity index (χ0) is 4.99. The molecule has 1 N–H and O–H groups in total. The third kappa shape index (κ3) is 10.8. The lowest BCUT2D eigenvalue weighted by Crippen LogP contribution is -1.92. The molecule has 0 atom stereocenters. The van der Waals surface area contributed by atoms with Crippen molar-refractivity contribution in [3.8, 4) is 0 Å². The van der Waals surface area contributed by atoms with E-state index in [1.165, 1.54) is 0 Å². The van der Waals surface area contributed by atoms with Gasteiger partial charge in [0.2, 0.25) is 0 Å². The van der Waals surface area contributed by atoms with Crippen LogP contribution >= 0.6 is 12.4 Å². The van der Waals surface area contributed by atoms with Gasteiger partial charge in [0, 0.05) is 0 Å². The monoisotopic (exact) mass is 124 g/mol. The van der Waals surface area contributed by atoms with Crippen LogP contribution in [0.3, 0.4) is 0 Å². The average Bonchev–Trinajstić information content (AvgIpc) is 1.35. The van der Waals surface area contributed by atoms with E-state index < -0.39 is 5.97 Å². The summed E-state index contributed by atoms with van der Waals surface area (Å²) in [7, 11) is 0. The maximum atomic E-state index is 9.37. The van der Waals surface area contributed by atoms with E-state index in [2.05, 4.69) is 0 Å². The number of halogens is 1. The van der Waals surface area contributed by atoms with Gasteiger partial charge in [-0.25, -0.2) is 0 Å². The molecule has 0 amide bonds. The second kappa shape index (κ2) is 5.43. The molecule has 4 heteroatoms. The Morgan fingerprint density at radius 2 is 2.14 bits per heavy atom. The Labute approximate surface area is 46.7 Å². The van der Waals surface area contributed by atoms with Gasteiger partial charge in [-0.05, 0) is 0 Å². The van der Waals surface area contributed by atoms with Crippen molar-refractivity contribution in [2.24, 2.45) is 0 Å². The van der Waals surface area contributed by atoms with Crippen LogP contribution < -0.4 is 0 Å². The van der Waals surface area contributed by atoms with Crippen LogP contribution in [0.1, 0.15) is 6.42 Å². The number of carbonyl (C=O) groups is 2. The van der Waals surface area contributed by atoms with Crippen LogP contribution in [0.2, 0.25) is 0 Å². The van der Waals surface area contributed by atoms with Crippen LogP contribution in [0, 0.1) is 0 Å². The lowest BCUT2D eigenvalue weighted by molar-refractivity contribution is -0.138. The molecule has 0 saturated carbocycles. The topological polar surface area (TPSA) is 54.4 Å². The Kier molecular flexibility index (Phi) is 7.49. The summed E-state index contributed by atoms with van der Waals surface area (Å²) in [4.78, 5) is 18.6. The molecule has 7 heavy (non-hydrogen) atoms. The lowest BCUT2D eigenvalue weighted by Gasteiger charge is -1.71. The molecule has 0 radical (unpaired) electrons. The van der Waals surface area contributed by atoms with Crippen LogP contribution in [-0.2, 0) is 9.59 Å². The Bertz CT molecular complexity index is 70.6. The number of carboxylic acid groups (broad SMARTS) is 1. The first kappa shape index (κ1) is 9.66. The molecule has 42 valence electrons. The minimum absolute atomic E-state index is 0. The highest BCUT2D eigenvalue weighted by atomic mass is 35.5. The van der Waals surface area contributed by atoms with Gasteiger partial charge in [0.15, 0.2) is 0 Å². The van der Waals surface area contributed by atoms with Gasteiger partial charge in [0.05, 0.1) is 0 Å². The first-order chi connectivity index (χ1) is 2.77. The second-order valence-electron chi connectivity index (χ2n) is 0.765. The van der Waals surface area contributed by atoms with Crippen LogP contribution in [0.4, 0.5) is 0 Å². The van der Waals surface area contributed by atoms with Crippen molar-refractivity contribution < 1.29 is 14.7 Å². The molecule has 0 unspecified atom stereocenters. The van der Waals surface area contributed by atoms with Gasteiger partial charge < -0.3 is 9.90 Å². The Morgan fingerprint density at radius 3 is 2.14 bits per heavy atom. The smallest absolute Gasteiger partial charge is 0.310 e. The first-order valence-electron chi connectivity index (χ1n) is 1.43. The van der Waals surface area contributed by atoms with E-state index >= 15 is 0 Å². The van der Waals surface area contributed by atoms with Crippen LogP contribution in [0.25, 0.3) is 0 Å². The van der Waals surface area contributed by atoms with Crippen molar-refractivity contribution in [2.75, 3.05) is 0 Å². The molecule has 0 aromatic heterocycles. The average molecular weight is 125 g/mol. The molecular weight excluding hydrogens is 119 g/mol. The van der Waals surface area contributed by atoms with Crippen molar-refractivity contribution in [3.63, 3.8) is 0 Å². The van der Waals surface area contributed by atoms with Crippen LogP contribution in [-0.4, -0.2) is 17.4 Å². The van der Waals surface area contributed by atoms with E-state index in [0.717, 1.165) is 0 Å². The maximum absolute atomic E-state index is 9.37. The van der Waals surface area contributed by atoms with Gasteiger partial charge >= 0.3 is 5.97 Å². The predicted molar refractivity (Wildman–Crippen MR) is 25.6 cm³/mol. The molecule has 0 spiro atoms. The van der Waals surface area contributed by atoms with E-state index in [-0.39, 0.29) is 18.8 Å². The van der Waals surface area contributed by atoms with Gasteiger partial charge in [0.1, 0.15) is 12.7 Å². The van der Waals surface area contributed by atoms with Crippen molar-refractivity contribution in [3.05, 3.63) is 0 Å². The highest BCUT2D eigenvalue weighted by molar-refractivity contribution is 5.85. The molecule has 0 aromatic carbocycles. The molecule has 0 saturated heterocycles. The zero-order valence-corrected chi connectivity index (χ0v) is 4.27. The number of rotatable bonds is 2. The van der Waals surface area contributed by atoms with Gasteiger partial charge in [0.25, 0.3) is 0 Å². The first-order valence-corrected chi connectivity index (χ1v) is 1.43. The molecule has 0 aliphatic carbocycles. The Morgan fingerprint density at radius 1 is 1.71 bits per heavy atom. The quantitative estimate of drug-likeness (QED) is 0.419. The van der Waals surface area contributed by atoms with E-state index in [0.29, 0.717) is 6.29 Å². The number of aldehydes is 1. The number of carboxylic acids is 1. The van der Waals surface area contributed by atoms with Gasteiger partial charge in [-0.3, -0.25) is 4.79 Å². The molecule has 0 aliphatic heterocycles. The molecule has 0 rings (SSSR count). The van der Waals surface area contributed by atoms with Crippen molar-refractivity contribution >= 4 is 24.7 Å². The summed E-state index contributed by atoms with van der Waals surface area (Å²) >= 11 is 0. The molecule has 3 nitrogen and oxygen atoms in total. The molecule has 0 fully saturated rings. The van der Waals surface area contributed by atoms with Crippen molar-refractivity contribution in [1.29, 1.82) is 0 Å². The third-order valence-electron chi connectivity index (χ3n) is 0.258. The fraction of sp³-hybridized carbons (Fsp3) is 0.333. The Balaban J connectivity index is 0. The molecule has 0 bridgehead atoms. The van der Waals surface area contributed by atoms with E-state index in [4.69, 9.17) is 5.11 Å². The fourth-order valence-electron chi connectivity index (χ4n) is 0.0713. The summed E-state index contributed by atoms with van der Waals surface area (Å²) in [6.07, 6.45) is -0.0394. The fourth-order valence-corrected chi connectivity index (χ4v) is 0.0713. The van der Waals surface area contributed by atoms with Gasteiger partial charge in [-0.2, -0.15) is 0 Å². The highest BCUT2D eigenvalue weighted by Crippen LogP contribution is 1.64. The predicted octanol–water partition coefficient (Wildman–Crippen LogP) is 0.0818. The molecule has 0 aromatic rings. The SMILES string of the molecule is Cl.O=CCC(=O)O. The molecular formula is C3H5ClO3. The largest absolute Gasteiger partial charge is 0.481 e. The summed E-state index contributed by atoms with van der Waals surface area (Å²) in [6.45, 7) is 0. The minimum atomic E-state index is -1.08. The highest BCUT2D eigenvalue weighted by Gasteiger charge is 1.87. The summed E-state index contributed by atoms with van der Waals surface area (Å²) in [6, 6.07) is 0. The van der Waals surface area contributed by atoms with Gasteiger partial charge in [-0.15, -0.1) is 12.4 Å². The Hall–Kier alpha value is -0.570. The lowest BCUT2D eigenvalue weighted by atomic mass is 10.5. The van der Waals surface area contributed by atoms with Crippen molar-refractivity contribution in [1.82, 2.24) is 0 Å². The van der Waals surface area contributed by atoms with Crippen LogP contribution in [0.15, 0.2) is 0 Å². The summed E-state index contributed by atoms with van der Waals surface area (Å²) < 4.78 is 0. The summed E-state index contributed by atoms with van der Waals surface area (Å²) in [5, 5.41) is 7.68. The zero-order valence-electron chi connectivity index (χ0n) is 3.46. The molecule has 0 aliphatic rings. The van der Waals surface area contributed by atoms with E-state index in [9.17, 15) is 9.59 Å². The number of hydrogen-bond acceptors (Lipinski definition) is 2.